The molecule has 0 aromatic carbocycles. The Kier molecular flexibility index (Phi) is 1.56. The van der Waals surface area contributed by atoms with Gasteiger partial charge in [-0.3, -0.25) is 4.40 Å². The SMILES string of the molecule is Cc1nc2scc(C)n2c1C1CC1N. The molecule has 0 amide bonds. The molecule has 0 spiro atoms. The first-order valence-corrected chi connectivity index (χ1v) is 5.75. The van der Waals surface area contributed by atoms with Crippen molar-refractivity contribution in [2.45, 2.75) is 32.2 Å². The molecule has 4 heteroatoms. The van der Waals surface area contributed by atoms with Gasteiger partial charge in [-0.2, -0.15) is 0 Å². The topological polar surface area (TPSA) is 43.3 Å². The van der Waals surface area contributed by atoms with Gasteiger partial charge in [0.25, 0.3) is 0 Å². The van der Waals surface area contributed by atoms with Crippen LogP contribution >= 0.6 is 11.3 Å². The summed E-state index contributed by atoms with van der Waals surface area (Å²) < 4.78 is 2.26. The molecule has 1 aliphatic carbocycles. The molecule has 2 atom stereocenters. The molecule has 2 N–H and O–H groups in total. The number of nitrogens with zero attached hydrogens (tertiary/aromatic N) is 2. The molecular formula is C10H13N3S. The van der Waals surface area contributed by atoms with E-state index in [1.165, 1.54) is 11.4 Å². The molecule has 0 saturated heterocycles. The third-order valence-electron chi connectivity index (χ3n) is 2.94. The summed E-state index contributed by atoms with van der Waals surface area (Å²) in [6.07, 6.45) is 1.12. The molecule has 3 nitrogen and oxygen atoms in total. The fourth-order valence-electron chi connectivity index (χ4n) is 2.09. The van der Waals surface area contributed by atoms with Gasteiger partial charge in [0, 0.05) is 23.0 Å². The van der Waals surface area contributed by atoms with E-state index in [-0.39, 0.29) is 0 Å². The molecule has 0 radical (unpaired) electrons. The van der Waals surface area contributed by atoms with Crippen molar-refractivity contribution in [2.75, 3.05) is 0 Å². The summed E-state index contributed by atoms with van der Waals surface area (Å²) in [7, 11) is 0. The standard InChI is InChI=1S/C10H13N3S/c1-5-4-14-10-12-6(2)9(13(5)10)7-3-8(7)11/h4,7-8H,3,11H2,1-2H3. The summed E-state index contributed by atoms with van der Waals surface area (Å²) in [5.41, 5.74) is 9.67. The lowest BCUT2D eigenvalue weighted by Crippen LogP contribution is -2.04. The molecule has 2 aromatic heterocycles. The van der Waals surface area contributed by atoms with Crippen molar-refractivity contribution in [3.63, 3.8) is 0 Å². The van der Waals surface area contributed by atoms with Crippen LogP contribution in [0.25, 0.3) is 4.96 Å². The largest absolute Gasteiger partial charge is 0.327 e. The van der Waals surface area contributed by atoms with E-state index in [1.54, 1.807) is 11.3 Å². The molecule has 2 heterocycles. The van der Waals surface area contributed by atoms with Gasteiger partial charge >= 0.3 is 0 Å². The van der Waals surface area contributed by atoms with Crippen LogP contribution in [0.1, 0.15) is 29.4 Å². The predicted molar refractivity (Wildman–Crippen MR) is 57.9 cm³/mol. The van der Waals surface area contributed by atoms with Crippen LogP contribution in [0.15, 0.2) is 5.38 Å². The highest BCUT2D eigenvalue weighted by atomic mass is 32.1. The highest BCUT2D eigenvalue weighted by molar-refractivity contribution is 7.15. The monoisotopic (exact) mass is 207 g/mol. The van der Waals surface area contributed by atoms with E-state index in [4.69, 9.17) is 5.73 Å². The van der Waals surface area contributed by atoms with Crippen molar-refractivity contribution in [2.24, 2.45) is 5.73 Å². The molecule has 0 aliphatic heterocycles. The van der Waals surface area contributed by atoms with E-state index < -0.39 is 0 Å². The fourth-order valence-corrected chi connectivity index (χ4v) is 3.01. The molecule has 0 bridgehead atoms. The molecule has 14 heavy (non-hydrogen) atoms. The van der Waals surface area contributed by atoms with Crippen LogP contribution in [-0.4, -0.2) is 15.4 Å². The van der Waals surface area contributed by atoms with Gasteiger partial charge in [0.15, 0.2) is 4.96 Å². The van der Waals surface area contributed by atoms with Gasteiger partial charge in [-0.05, 0) is 20.3 Å². The maximum Gasteiger partial charge on any atom is 0.194 e. The van der Waals surface area contributed by atoms with Gasteiger partial charge in [-0.1, -0.05) is 0 Å². The third-order valence-corrected chi connectivity index (χ3v) is 3.89. The molecule has 1 aliphatic rings. The first-order chi connectivity index (χ1) is 6.68. The lowest BCUT2D eigenvalue weighted by Gasteiger charge is -2.00. The zero-order valence-corrected chi connectivity index (χ0v) is 9.14. The first kappa shape index (κ1) is 8.44. The van der Waals surface area contributed by atoms with E-state index in [1.807, 2.05) is 0 Å². The first-order valence-electron chi connectivity index (χ1n) is 4.87. The minimum absolute atomic E-state index is 0.355. The molecular weight excluding hydrogens is 194 g/mol. The number of rotatable bonds is 1. The van der Waals surface area contributed by atoms with Crippen LogP contribution in [0.5, 0.6) is 0 Å². The van der Waals surface area contributed by atoms with Crippen LogP contribution < -0.4 is 5.73 Å². The second-order valence-corrected chi connectivity index (χ2v) is 4.92. The van der Waals surface area contributed by atoms with E-state index in [9.17, 15) is 0 Å². The second-order valence-electron chi connectivity index (χ2n) is 4.08. The van der Waals surface area contributed by atoms with Crippen LogP contribution in [0.2, 0.25) is 0 Å². The van der Waals surface area contributed by atoms with Gasteiger partial charge in [-0.25, -0.2) is 4.98 Å². The van der Waals surface area contributed by atoms with Crippen molar-refractivity contribution in [1.29, 1.82) is 0 Å². The van der Waals surface area contributed by atoms with Gasteiger partial charge in [0.05, 0.1) is 11.4 Å². The molecule has 1 fully saturated rings. The Bertz CT molecular complexity index is 497. The smallest absolute Gasteiger partial charge is 0.194 e. The Morgan fingerprint density at radius 3 is 2.93 bits per heavy atom. The van der Waals surface area contributed by atoms with E-state index in [2.05, 4.69) is 28.6 Å². The quantitative estimate of drug-likeness (QED) is 0.775. The summed E-state index contributed by atoms with van der Waals surface area (Å²) >= 11 is 1.71. The van der Waals surface area contributed by atoms with Crippen LogP contribution in [0, 0.1) is 13.8 Å². The number of thiazole rings is 1. The maximum atomic E-state index is 5.90. The molecule has 2 aromatic rings. The normalized spacial score (nSPS) is 25.9. The number of hydrogen-bond acceptors (Lipinski definition) is 3. The fraction of sp³-hybridized carbons (Fsp3) is 0.500. The Labute approximate surface area is 86.6 Å². The number of fused-ring (bicyclic) bond motifs is 1. The van der Waals surface area contributed by atoms with Crippen molar-refractivity contribution < 1.29 is 0 Å². The van der Waals surface area contributed by atoms with Gasteiger partial charge in [-0.15, -0.1) is 11.3 Å². The predicted octanol–water partition coefficient (Wildman–Crippen LogP) is 1.83. The van der Waals surface area contributed by atoms with E-state index >= 15 is 0 Å². The summed E-state index contributed by atoms with van der Waals surface area (Å²) in [4.78, 5) is 5.66. The number of aryl methyl sites for hydroxylation is 2. The van der Waals surface area contributed by atoms with Crippen LogP contribution in [-0.2, 0) is 0 Å². The minimum atomic E-state index is 0.355. The van der Waals surface area contributed by atoms with Crippen molar-refractivity contribution >= 4 is 16.3 Å². The zero-order valence-electron chi connectivity index (χ0n) is 8.32. The summed E-state index contributed by atoms with van der Waals surface area (Å²) in [5.74, 6) is 0.540. The number of aromatic nitrogens is 2. The van der Waals surface area contributed by atoms with Crippen molar-refractivity contribution in [1.82, 2.24) is 9.38 Å². The molecule has 74 valence electrons. The maximum absolute atomic E-state index is 5.90. The van der Waals surface area contributed by atoms with E-state index in [0.29, 0.717) is 12.0 Å². The summed E-state index contributed by atoms with van der Waals surface area (Å²) in [5, 5.41) is 2.15. The minimum Gasteiger partial charge on any atom is -0.327 e. The molecule has 3 rings (SSSR count). The second kappa shape index (κ2) is 2.58. The Hall–Kier alpha value is -0.870. The lowest BCUT2D eigenvalue weighted by molar-refractivity contribution is 0.901. The molecule has 1 saturated carbocycles. The van der Waals surface area contributed by atoms with Gasteiger partial charge in [0.2, 0.25) is 0 Å². The van der Waals surface area contributed by atoms with Gasteiger partial charge in [0.1, 0.15) is 0 Å². The van der Waals surface area contributed by atoms with E-state index in [0.717, 1.165) is 17.1 Å². The Balaban J connectivity index is 2.28. The third kappa shape index (κ3) is 0.980. The number of hydrogen-bond donors (Lipinski definition) is 1. The number of nitrogens with two attached hydrogens (primary N) is 1. The average molecular weight is 207 g/mol. The highest BCUT2D eigenvalue weighted by Crippen LogP contribution is 2.41. The van der Waals surface area contributed by atoms with Gasteiger partial charge < -0.3 is 5.73 Å². The highest BCUT2D eigenvalue weighted by Gasteiger charge is 2.39. The van der Waals surface area contributed by atoms with Crippen LogP contribution in [0.3, 0.4) is 0 Å². The Morgan fingerprint density at radius 2 is 2.29 bits per heavy atom. The van der Waals surface area contributed by atoms with Crippen molar-refractivity contribution in [3.8, 4) is 0 Å². The van der Waals surface area contributed by atoms with Crippen LogP contribution in [0.4, 0.5) is 0 Å². The summed E-state index contributed by atoms with van der Waals surface area (Å²) in [6.45, 7) is 4.21. The Morgan fingerprint density at radius 1 is 1.57 bits per heavy atom. The molecule has 2 unspecified atom stereocenters. The average Bonchev–Trinajstić information content (AvgIpc) is 2.57. The zero-order chi connectivity index (χ0) is 9.87. The van der Waals surface area contributed by atoms with Crippen molar-refractivity contribution in [3.05, 3.63) is 22.5 Å². The lowest BCUT2D eigenvalue weighted by atomic mass is 10.2. The number of imidazole rings is 1. The summed E-state index contributed by atoms with van der Waals surface area (Å²) in [6, 6.07) is 0.355.